The zero-order valence-electron chi connectivity index (χ0n) is 13.0. The van der Waals surface area contributed by atoms with Crippen molar-refractivity contribution in [3.63, 3.8) is 0 Å². The van der Waals surface area contributed by atoms with Gasteiger partial charge in [-0.2, -0.15) is 0 Å². The minimum absolute atomic E-state index is 0.133. The van der Waals surface area contributed by atoms with Crippen molar-refractivity contribution in [1.29, 1.82) is 0 Å². The largest absolute Gasteiger partial charge is 0.492 e. The van der Waals surface area contributed by atoms with Crippen LogP contribution in [0.1, 0.15) is 12.8 Å². The third-order valence-corrected chi connectivity index (χ3v) is 4.09. The number of nitrogens with two attached hydrogens (primary N) is 1. The van der Waals surface area contributed by atoms with E-state index < -0.39 is 6.04 Å². The van der Waals surface area contributed by atoms with Gasteiger partial charge in [-0.05, 0) is 30.9 Å². The molecule has 0 aromatic heterocycles. The van der Waals surface area contributed by atoms with E-state index >= 15 is 0 Å². The summed E-state index contributed by atoms with van der Waals surface area (Å²) in [6, 6.07) is 4.91. The van der Waals surface area contributed by atoms with Gasteiger partial charge in [-0.1, -0.05) is 0 Å². The molecule has 7 nitrogen and oxygen atoms in total. The number of amides is 1. The van der Waals surface area contributed by atoms with Crippen LogP contribution in [0.15, 0.2) is 18.2 Å². The van der Waals surface area contributed by atoms with Crippen LogP contribution in [0.25, 0.3) is 0 Å². The van der Waals surface area contributed by atoms with Gasteiger partial charge in [0.2, 0.25) is 12.7 Å². The van der Waals surface area contributed by atoms with Crippen LogP contribution in [-0.2, 0) is 9.53 Å². The summed E-state index contributed by atoms with van der Waals surface area (Å²) >= 11 is 0. The van der Waals surface area contributed by atoms with Gasteiger partial charge in [-0.3, -0.25) is 4.79 Å². The number of hydrogen-bond acceptors (Lipinski definition) is 6. The number of carbonyl (C=O) groups excluding carboxylic acids is 1. The van der Waals surface area contributed by atoms with E-state index in [1.165, 1.54) is 0 Å². The second kappa shape index (κ2) is 7.52. The molecule has 0 saturated carbocycles. The second-order valence-electron chi connectivity index (χ2n) is 5.63. The fourth-order valence-corrected chi connectivity index (χ4v) is 2.72. The van der Waals surface area contributed by atoms with Gasteiger partial charge in [-0.25, -0.2) is 0 Å². The molecule has 1 aromatic carbocycles. The van der Waals surface area contributed by atoms with E-state index in [4.69, 9.17) is 24.7 Å². The number of benzene rings is 1. The second-order valence-corrected chi connectivity index (χ2v) is 5.63. The van der Waals surface area contributed by atoms with E-state index in [0.717, 1.165) is 12.8 Å². The van der Waals surface area contributed by atoms with Gasteiger partial charge in [0.25, 0.3) is 0 Å². The molecule has 126 valence electrons. The van der Waals surface area contributed by atoms with Gasteiger partial charge in [0.1, 0.15) is 12.4 Å². The van der Waals surface area contributed by atoms with Crippen LogP contribution in [0, 0.1) is 5.92 Å². The first kappa shape index (κ1) is 15.9. The van der Waals surface area contributed by atoms with Crippen molar-refractivity contribution in [2.45, 2.75) is 18.9 Å². The average Bonchev–Trinajstić information content (AvgIpc) is 3.06. The number of hydrogen-bond donors (Lipinski definition) is 2. The first-order valence-corrected chi connectivity index (χ1v) is 7.87. The van der Waals surface area contributed by atoms with Crippen LogP contribution in [0.5, 0.6) is 17.2 Å². The highest BCUT2D eigenvalue weighted by Gasteiger charge is 2.26. The van der Waals surface area contributed by atoms with Crippen molar-refractivity contribution in [1.82, 2.24) is 5.32 Å². The molecule has 0 spiro atoms. The monoisotopic (exact) mass is 322 g/mol. The van der Waals surface area contributed by atoms with E-state index in [9.17, 15) is 4.79 Å². The predicted molar refractivity (Wildman–Crippen MR) is 82.6 cm³/mol. The minimum Gasteiger partial charge on any atom is -0.492 e. The highest BCUT2D eigenvalue weighted by Crippen LogP contribution is 2.34. The number of ether oxygens (including phenoxy) is 4. The lowest BCUT2D eigenvalue weighted by atomic mass is 9.92. The normalized spacial score (nSPS) is 18.5. The van der Waals surface area contributed by atoms with Crippen molar-refractivity contribution in [3.05, 3.63) is 18.2 Å². The molecule has 2 aliphatic heterocycles. The highest BCUT2D eigenvalue weighted by atomic mass is 16.7. The topological polar surface area (TPSA) is 92.0 Å². The lowest BCUT2D eigenvalue weighted by Gasteiger charge is -2.26. The van der Waals surface area contributed by atoms with Crippen LogP contribution in [0.2, 0.25) is 0 Å². The van der Waals surface area contributed by atoms with Crippen molar-refractivity contribution in [2.75, 3.05) is 33.2 Å². The van der Waals surface area contributed by atoms with Crippen molar-refractivity contribution in [2.24, 2.45) is 11.7 Å². The molecule has 1 unspecified atom stereocenters. The van der Waals surface area contributed by atoms with Gasteiger partial charge >= 0.3 is 0 Å². The zero-order chi connectivity index (χ0) is 16.1. The third kappa shape index (κ3) is 4.05. The van der Waals surface area contributed by atoms with E-state index in [1.54, 1.807) is 12.1 Å². The molecule has 0 radical (unpaired) electrons. The Kier molecular flexibility index (Phi) is 5.19. The lowest BCUT2D eigenvalue weighted by Crippen LogP contribution is -2.47. The summed E-state index contributed by atoms with van der Waals surface area (Å²) in [5.74, 6) is 2.13. The number of nitrogens with one attached hydrogen (secondary N) is 1. The fraction of sp³-hybridized carbons (Fsp3) is 0.562. The van der Waals surface area contributed by atoms with Crippen molar-refractivity contribution in [3.8, 4) is 17.2 Å². The number of carbonyl (C=O) groups is 1. The van der Waals surface area contributed by atoms with Crippen LogP contribution in [0.3, 0.4) is 0 Å². The molecule has 2 aliphatic rings. The van der Waals surface area contributed by atoms with Crippen molar-refractivity contribution >= 4 is 5.91 Å². The molecule has 23 heavy (non-hydrogen) atoms. The van der Waals surface area contributed by atoms with E-state index in [-0.39, 0.29) is 18.6 Å². The van der Waals surface area contributed by atoms with Crippen molar-refractivity contribution < 1.29 is 23.7 Å². The molecule has 0 bridgehead atoms. The van der Waals surface area contributed by atoms with Crippen LogP contribution in [-0.4, -0.2) is 45.1 Å². The number of fused-ring (bicyclic) bond motifs is 1. The summed E-state index contributed by atoms with van der Waals surface area (Å²) in [6.45, 7) is 2.37. The summed E-state index contributed by atoms with van der Waals surface area (Å²) in [4.78, 5) is 12.0. The predicted octanol–water partition coefficient (Wildman–Crippen LogP) is 0.664. The molecule has 1 amide bonds. The Hall–Kier alpha value is -1.99. The first-order valence-electron chi connectivity index (χ1n) is 7.87. The molecule has 3 rings (SSSR count). The standard InChI is InChI=1S/C16H22N2O5/c17-15(11-3-6-20-7-4-11)16(19)18-5-8-21-12-1-2-13-14(9-12)23-10-22-13/h1-2,9,11,15H,3-8,10,17H2,(H,18,19). The minimum atomic E-state index is -0.482. The van der Waals surface area contributed by atoms with Gasteiger partial charge in [0, 0.05) is 19.3 Å². The molecule has 1 fully saturated rings. The van der Waals surface area contributed by atoms with E-state index in [2.05, 4.69) is 5.32 Å². The van der Waals surface area contributed by atoms with Gasteiger partial charge in [0.15, 0.2) is 11.5 Å². The van der Waals surface area contributed by atoms with E-state index in [0.29, 0.717) is 43.6 Å². The summed E-state index contributed by atoms with van der Waals surface area (Å²) in [6.07, 6.45) is 1.67. The first-order chi connectivity index (χ1) is 11.2. The summed E-state index contributed by atoms with van der Waals surface area (Å²) < 4.78 is 21.4. The SMILES string of the molecule is NC(C(=O)NCCOc1ccc2c(c1)OCO2)C1CCOCC1. The Morgan fingerprint density at radius 1 is 1.30 bits per heavy atom. The smallest absolute Gasteiger partial charge is 0.237 e. The van der Waals surface area contributed by atoms with Crippen LogP contribution < -0.4 is 25.3 Å². The Morgan fingerprint density at radius 2 is 2.09 bits per heavy atom. The molecule has 7 heteroatoms. The van der Waals surface area contributed by atoms with Crippen LogP contribution in [0.4, 0.5) is 0 Å². The van der Waals surface area contributed by atoms with Gasteiger partial charge in [0.05, 0.1) is 12.6 Å². The fourth-order valence-electron chi connectivity index (χ4n) is 2.72. The maximum atomic E-state index is 12.0. The molecular weight excluding hydrogens is 300 g/mol. The Balaban J connectivity index is 1.38. The maximum Gasteiger partial charge on any atom is 0.237 e. The molecule has 1 atom stereocenters. The zero-order valence-corrected chi connectivity index (χ0v) is 13.0. The summed E-state index contributed by atoms with van der Waals surface area (Å²) in [7, 11) is 0. The van der Waals surface area contributed by atoms with Gasteiger partial charge < -0.3 is 30.0 Å². The third-order valence-electron chi connectivity index (χ3n) is 4.09. The number of rotatable bonds is 6. The average molecular weight is 322 g/mol. The lowest BCUT2D eigenvalue weighted by molar-refractivity contribution is -0.124. The summed E-state index contributed by atoms with van der Waals surface area (Å²) in [5, 5.41) is 2.82. The molecule has 0 aliphatic carbocycles. The summed E-state index contributed by atoms with van der Waals surface area (Å²) in [5.41, 5.74) is 6.01. The molecule has 2 heterocycles. The van der Waals surface area contributed by atoms with Crippen LogP contribution >= 0.6 is 0 Å². The van der Waals surface area contributed by atoms with E-state index in [1.807, 2.05) is 6.07 Å². The Labute approximate surface area is 135 Å². The highest BCUT2D eigenvalue weighted by molar-refractivity contribution is 5.81. The molecule has 3 N–H and O–H groups in total. The molecular formula is C16H22N2O5. The maximum absolute atomic E-state index is 12.0. The Bertz CT molecular complexity index is 545. The Morgan fingerprint density at radius 3 is 2.91 bits per heavy atom. The molecule has 1 saturated heterocycles. The quantitative estimate of drug-likeness (QED) is 0.748. The molecule has 1 aromatic rings. The van der Waals surface area contributed by atoms with Gasteiger partial charge in [-0.15, -0.1) is 0 Å².